The number of nitrogens with one attached hydrogen (secondary N) is 2. The van der Waals surface area contributed by atoms with Crippen molar-refractivity contribution in [2.45, 2.75) is 38.1 Å². The summed E-state index contributed by atoms with van der Waals surface area (Å²) in [7, 11) is -4.09. The van der Waals surface area contributed by atoms with Gasteiger partial charge in [0.2, 0.25) is 10.0 Å². The highest BCUT2D eigenvalue weighted by atomic mass is 32.2. The number of nitrogens with two attached hydrogens (primary N) is 1. The minimum absolute atomic E-state index is 0.0788. The molecular weight excluding hydrogens is 394 g/mol. The second kappa shape index (κ2) is 10.7. The van der Waals surface area contributed by atoms with E-state index in [0.717, 1.165) is 12.8 Å². The lowest BCUT2D eigenvalue weighted by atomic mass is 10.1. The predicted octanol–water partition coefficient (Wildman–Crippen LogP) is 3.58. The van der Waals surface area contributed by atoms with Gasteiger partial charge in [-0.25, -0.2) is 18.4 Å². The van der Waals surface area contributed by atoms with Gasteiger partial charge >= 0.3 is 6.09 Å². The molecule has 0 heterocycles. The molecule has 0 spiro atoms. The van der Waals surface area contributed by atoms with E-state index >= 15 is 0 Å². The summed E-state index contributed by atoms with van der Waals surface area (Å²) in [4.78, 5) is 11.4. The lowest BCUT2D eigenvalue weighted by Crippen LogP contribution is -2.24. The molecule has 0 atom stereocenters. The molecule has 2 rings (SSSR count). The van der Waals surface area contributed by atoms with Crippen LogP contribution in [-0.2, 0) is 21.3 Å². The Morgan fingerprint density at radius 1 is 1.14 bits per heavy atom. The standard InChI is InChI=1S/C20H27N3O5S/c1-3-5-11-22-17-12-15(14-23-20(24)27-4-2)13-18(29(21,25)26)19(17)28-16-9-7-6-8-10-16/h6-10,12-13,22H,3-5,11,14H2,1-2H3,(H,23,24)(H2,21,25,26). The summed E-state index contributed by atoms with van der Waals surface area (Å²) >= 11 is 0. The molecule has 0 aliphatic heterocycles. The number of primary sulfonamides is 1. The first kappa shape index (κ1) is 22.5. The van der Waals surface area contributed by atoms with E-state index in [-0.39, 0.29) is 23.8 Å². The SMILES string of the molecule is CCCCNc1cc(CNC(=O)OCC)cc(S(N)(=O)=O)c1Oc1ccccc1. The fourth-order valence-corrected chi connectivity index (χ4v) is 3.30. The molecule has 0 aromatic heterocycles. The molecule has 0 saturated carbocycles. The highest BCUT2D eigenvalue weighted by Gasteiger charge is 2.22. The van der Waals surface area contributed by atoms with Gasteiger partial charge in [-0.3, -0.25) is 0 Å². The fourth-order valence-electron chi connectivity index (χ4n) is 2.57. The number of rotatable bonds is 10. The van der Waals surface area contributed by atoms with Crippen molar-refractivity contribution >= 4 is 21.8 Å². The first-order chi connectivity index (χ1) is 13.8. The summed E-state index contributed by atoms with van der Waals surface area (Å²) in [5.74, 6) is 0.600. The van der Waals surface area contributed by atoms with E-state index in [0.29, 0.717) is 23.5 Å². The van der Waals surface area contributed by atoms with Crippen LogP contribution in [0.25, 0.3) is 0 Å². The van der Waals surface area contributed by atoms with Gasteiger partial charge in [0.1, 0.15) is 10.6 Å². The normalized spacial score (nSPS) is 11.0. The molecule has 0 bridgehead atoms. The van der Waals surface area contributed by atoms with Crippen molar-refractivity contribution in [3.63, 3.8) is 0 Å². The van der Waals surface area contributed by atoms with Gasteiger partial charge in [-0.1, -0.05) is 31.5 Å². The van der Waals surface area contributed by atoms with Crippen LogP contribution < -0.4 is 20.5 Å². The van der Waals surface area contributed by atoms with Gasteiger partial charge in [0.15, 0.2) is 5.75 Å². The zero-order valence-electron chi connectivity index (χ0n) is 16.6. The van der Waals surface area contributed by atoms with Crippen LogP contribution in [0, 0.1) is 0 Å². The van der Waals surface area contributed by atoms with Crippen molar-refractivity contribution < 1.29 is 22.7 Å². The average Bonchev–Trinajstić information content (AvgIpc) is 2.68. The number of unbranched alkanes of at least 4 members (excludes halogenated alkanes) is 1. The first-order valence-corrected chi connectivity index (χ1v) is 11.0. The summed E-state index contributed by atoms with van der Waals surface area (Å²) in [6.45, 7) is 4.69. The van der Waals surface area contributed by atoms with E-state index in [1.165, 1.54) is 6.07 Å². The zero-order chi connectivity index (χ0) is 21.3. The Morgan fingerprint density at radius 2 is 1.86 bits per heavy atom. The summed E-state index contributed by atoms with van der Waals surface area (Å²) < 4.78 is 35.3. The Labute approximate surface area is 171 Å². The monoisotopic (exact) mass is 421 g/mol. The second-order valence-electron chi connectivity index (χ2n) is 6.29. The van der Waals surface area contributed by atoms with Gasteiger partial charge in [-0.05, 0) is 43.2 Å². The van der Waals surface area contributed by atoms with Crippen LogP contribution >= 0.6 is 0 Å². The van der Waals surface area contributed by atoms with Crippen LogP contribution in [0.3, 0.4) is 0 Å². The summed E-state index contributed by atoms with van der Waals surface area (Å²) in [6.07, 6.45) is 1.27. The summed E-state index contributed by atoms with van der Waals surface area (Å²) in [5.41, 5.74) is 1.02. The Hall–Kier alpha value is -2.78. The number of hydrogen-bond acceptors (Lipinski definition) is 6. The Balaban J connectivity index is 2.45. The van der Waals surface area contributed by atoms with E-state index in [9.17, 15) is 13.2 Å². The minimum Gasteiger partial charge on any atom is -0.454 e. The van der Waals surface area contributed by atoms with Crippen molar-refractivity contribution in [1.29, 1.82) is 0 Å². The number of anilines is 1. The van der Waals surface area contributed by atoms with Crippen LogP contribution in [0.1, 0.15) is 32.3 Å². The van der Waals surface area contributed by atoms with Gasteiger partial charge in [0, 0.05) is 13.1 Å². The molecule has 9 heteroatoms. The Bertz CT molecular complexity index is 917. The molecule has 8 nitrogen and oxygen atoms in total. The molecule has 2 aromatic rings. The van der Waals surface area contributed by atoms with Crippen molar-refractivity contribution in [2.75, 3.05) is 18.5 Å². The van der Waals surface area contributed by atoms with Gasteiger partial charge in [-0.15, -0.1) is 0 Å². The molecule has 2 aromatic carbocycles. The molecule has 1 amide bonds. The fraction of sp³-hybridized carbons (Fsp3) is 0.350. The maximum absolute atomic E-state index is 12.3. The zero-order valence-corrected chi connectivity index (χ0v) is 17.4. The average molecular weight is 422 g/mol. The van der Waals surface area contributed by atoms with Crippen LogP contribution in [0.5, 0.6) is 11.5 Å². The number of ether oxygens (including phenoxy) is 2. The van der Waals surface area contributed by atoms with Gasteiger partial charge in [0.05, 0.1) is 12.3 Å². The number of amides is 1. The summed E-state index contributed by atoms with van der Waals surface area (Å²) in [5, 5.41) is 11.2. The number of alkyl carbamates (subject to hydrolysis) is 1. The van der Waals surface area contributed by atoms with Crippen LogP contribution in [0.2, 0.25) is 0 Å². The predicted molar refractivity (Wildman–Crippen MR) is 112 cm³/mol. The molecule has 0 unspecified atom stereocenters. The number of sulfonamides is 1. The highest BCUT2D eigenvalue weighted by Crippen LogP contribution is 2.37. The Kier molecular flexibility index (Phi) is 8.29. The molecule has 0 aliphatic rings. The molecule has 0 saturated heterocycles. The molecule has 158 valence electrons. The van der Waals surface area contributed by atoms with Crippen molar-refractivity contribution in [1.82, 2.24) is 5.32 Å². The van der Waals surface area contributed by atoms with Crippen LogP contribution in [0.4, 0.5) is 10.5 Å². The number of hydrogen-bond donors (Lipinski definition) is 3. The lowest BCUT2D eigenvalue weighted by molar-refractivity contribution is 0.151. The van der Waals surface area contributed by atoms with Crippen molar-refractivity contribution in [3.8, 4) is 11.5 Å². The molecular formula is C20H27N3O5S. The van der Waals surface area contributed by atoms with Crippen molar-refractivity contribution in [3.05, 3.63) is 48.0 Å². The third-order valence-corrected chi connectivity index (χ3v) is 4.86. The number of carbonyl (C=O) groups excluding carboxylic acids is 1. The van der Waals surface area contributed by atoms with E-state index < -0.39 is 16.1 Å². The van der Waals surface area contributed by atoms with E-state index in [1.54, 1.807) is 37.3 Å². The van der Waals surface area contributed by atoms with Crippen molar-refractivity contribution in [2.24, 2.45) is 5.14 Å². The smallest absolute Gasteiger partial charge is 0.407 e. The van der Waals surface area contributed by atoms with E-state index in [4.69, 9.17) is 14.6 Å². The van der Waals surface area contributed by atoms with E-state index in [2.05, 4.69) is 17.6 Å². The van der Waals surface area contributed by atoms with Crippen LogP contribution in [0.15, 0.2) is 47.4 Å². The topological polar surface area (TPSA) is 120 Å². The van der Waals surface area contributed by atoms with Gasteiger partial charge < -0.3 is 20.1 Å². The van der Waals surface area contributed by atoms with Gasteiger partial charge in [-0.2, -0.15) is 0 Å². The van der Waals surface area contributed by atoms with Crippen LogP contribution in [-0.4, -0.2) is 27.7 Å². The third-order valence-electron chi connectivity index (χ3n) is 3.94. The maximum atomic E-state index is 12.3. The largest absolute Gasteiger partial charge is 0.454 e. The third kappa shape index (κ3) is 6.95. The summed E-state index contributed by atoms with van der Waals surface area (Å²) in [6, 6.07) is 12.0. The highest BCUT2D eigenvalue weighted by molar-refractivity contribution is 7.89. The molecule has 0 fully saturated rings. The quantitative estimate of drug-likeness (QED) is 0.504. The first-order valence-electron chi connectivity index (χ1n) is 9.42. The number of para-hydroxylation sites is 1. The molecule has 29 heavy (non-hydrogen) atoms. The molecule has 0 aliphatic carbocycles. The number of benzene rings is 2. The maximum Gasteiger partial charge on any atom is 0.407 e. The lowest BCUT2D eigenvalue weighted by Gasteiger charge is -2.18. The number of carbonyl (C=O) groups is 1. The second-order valence-corrected chi connectivity index (χ2v) is 7.81. The molecule has 4 N–H and O–H groups in total. The van der Waals surface area contributed by atoms with E-state index in [1.807, 2.05) is 6.07 Å². The molecule has 0 radical (unpaired) electrons. The van der Waals surface area contributed by atoms with Gasteiger partial charge in [0.25, 0.3) is 0 Å². The minimum atomic E-state index is -4.09. The Morgan fingerprint density at radius 3 is 2.48 bits per heavy atom.